The zero-order chi connectivity index (χ0) is 14.8. The smallest absolute Gasteiger partial charge is 0.247 e. The van der Waals surface area contributed by atoms with Crippen LogP contribution in [0.25, 0.3) is 0 Å². The van der Waals surface area contributed by atoms with Gasteiger partial charge in [-0.2, -0.15) is 0 Å². The lowest BCUT2D eigenvalue weighted by Gasteiger charge is -2.34. The van der Waals surface area contributed by atoms with Crippen molar-refractivity contribution >= 4 is 27.3 Å². The number of nitrogens with one attached hydrogen (secondary N) is 1. The van der Waals surface area contributed by atoms with Crippen molar-refractivity contribution < 1.29 is 17.9 Å². The van der Waals surface area contributed by atoms with Crippen LogP contribution in [0.4, 0.5) is 0 Å². The summed E-state index contributed by atoms with van der Waals surface area (Å²) < 4.78 is 27.8. The Morgan fingerprint density at radius 2 is 2.30 bits per heavy atom. The molecule has 3 N–H and O–H groups in total. The van der Waals surface area contributed by atoms with Crippen LogP contribution in [0.2, 0.25) is 0 Å². The van der Waals surface area contributed by atoms with E-state index in [0.717, 1.165) is 30.8 Å². The second-order valence-corrected chi connectivity index (χ2v) is 8.16. The molecule has 0 radical (unpaired) electrons. The number of thiophene rings is 1. The SMILES string of the molecule is CC1(NC(=O)Cc2ccc(S(N)(=O)=O)s2)CCCOC1. The number of hydrogen-bond acceptors (Lipinski definition) is 5. The first-order valence-corrected chi connectivity index (χ1v) is 8.65. The van der Waals surface area contributed by atoms with Gasteiger partial charge in [0.05, 0.1) is 18.6 Å². The highest BCUT2D eigenvalue weighted by atomic mass is 32.2. The van der Waals surface area contributed by atoms with Gasteiger partial charge in [0, 0.05) is 11.5 Å². The summed E-state index contributed by atoms with van der Waals surface area (Å²) in [6, 6.07) is 3.04. The van der Waals surface area contributed by atoms with Crippen molar-refractivity contribution in [1.82, 2.24) is 5.32 Å². The zero-order valence-electron chi connectivity index (χ0n) is 11.2. The highest BCUT2D eigenvalue weighted by Crippen LogP contribution is 2.22. The highest BCUT2D eigenvalue weighted by molar-refractivity contribution is 7.91. The summed E-state index contributed by atoms with van der Waals surface area (Å²) in [5.74, 6) is -0.138. The molecule has 8 heteroatoms. The van der Waals surface area contributed by atoms with Crippen LogP contribution in [0.5, 0.6) is 0 Å². The number of primary sulfonamides is 1. The van der Waals surface area contributed by atoms with E-state index in [0.29, 0.717) is 11.5 Å². The quantitative estimate of drug-likeness (QED) is 0.850. The molecule has 6 nitrogen and oxygen atoms in total. The van der Waals surface area contributed by atoms with Gasteiger partial charge in [-0.3, -0.25) is 4.79 Å². The van der Waals surface area contributed by atoms with Gasteiger partial charge in [0.15, 0.2) is 0 Å². The number of hydrogen-bond donors (Lipinski definition) is 2. The molecular formula is C12H18N2O4S2. The predicted molar refractivity (Wildman–Crippen MR) is 76.0 cm³/mol. The van der Waals surface area contributed by atoms with Crippen LogP contribution in [-0.2, 0) is 26.0 Å². The molecule has 20 heavy (non-hydrogen) atoms. The van der Waals surface area contributed by atoms with Crippen molar-refractivity contribution in [2.24, 2.45) is 5.14 Å². The molecule has 1 unspecified atom stereocenters. The molecule has 1 fully saturated rings. The Kier molecular flexibility index (Phi) is 4.48. The lowest BCUT2D eigenvalue weighted by atomic mass is 9.95. The molecule has 1 saturated heterocycles. The van der Waals surface area contributed by atoms with Gasteiger partial charge < -0.3 is 10.1 Å². The van der Waals surface area contributed by atoms with Gasteiger partial charge in [0.2, 0.25) is 15.9 Å². The second kappa shape index (κ2) is 5.80. The van der Waals surface area contributed by atoms with Crippen molar-refractivity contribution in [3.05, 3.63) is 17.0 Å². The Hall–Kier alpha value is -0.960. The largest absolute Gasteiger partial charge is 0.379 e. The highest BCUT2D eigenvalue weighted by Gasteiger charge is 2.29. The monoisotopic (exact) mass is 318 g/mol. The molecule has 0 spiro atoms. The van der Waals surface area contributed by atoms with E-state index >= 15 is 0 Å². The molecule has 1 aromatic rings. The van der Waals surface area contributed by atoms with Crippen LogP contribution in [0.1, 0.15) is 24.6 Å². The van der Waals surface area contributed by atoms with Gasteiger partial charge >= 0.3 is 0 Å². The lowest BCUT2D eigenvalue weighted by molar-refractivity contribution is -0.123. The van der Waals surface area contributed by atoms with E-state index in [2.05, 4.69) is 5.32 Å². The number of rotatable bonds is 4. The number of carbonyl (C=O) groups is 1. The number of carbonyl (C=O) groups excluding carboxylic acids is 1. The maximum atomic E-state index is 12.0. The Balaban J connectivity index is 1.96. The molecule has 1 aromatic heterocycles. The fraction of sp³-hybridized carbons (Fsp3) is 0.583. The van der Waals surface area contributed by atoms with Crippen molar-refractivity contribution in [3.63, 3.8) is 0 Å². The maximum absolute atomic E-state index is 12.0. The molecule has 2 heterocycles. The molecule has 1 aliphatic heterocycles. The summed E-state index contributed by atoms with van der Waals surface area (Å²) in [6.07, 6.45) is 1.95. The summed E-state index contributed by atoms with van der Waals surface area (Å²) in [6.45, 7) is 3.19. The average Bonchev–Trinajstić information content (AvgIpc) is 2.77. The minimum Gasteiger partial charge on any atom is -0.379 e. The summed E-state index contributed by atoms with van der Waals surface area (Å²) in [5.41, 5.74) is -0.338. The third-order valence-corrected chi connectivity index (χ3v) is 5.65. The molecule has 1 aliphatic rings. The van der Waals surface area contributed by atoms with E-state index < -0.39 is 10.0 Å². The van der Waals surface area contributed by atoms with E-state index in [1.165, 1.54) is 6.07 Å². The first-order valence-electron chi connectivity index (χ1n) is 6.29. The number of sulfonamides is 1. The van der Waals surface area contributed by atoms with E-state index in [4.69, 9.17) is 9.88 Å². The number of amides is 1. The number of ether oxygens (including phenoxy) is 1. The third-order valence-electron chi connectivity index (χ3n) is 3.13. The number of nitrogens with two attached hydrogens (primary N) is 1. The fourth-order valence-corrected chi connectivity index (χ4v) is 3.96. The topological polar surface area (TPSA) is 98.5 Å². The van der Waals surface area contributed by atoms with Crippen LogP contribution < -0.4 is 10.5 Å². The van der Waals surface area contributed by atoms with E-state index in [1.54, 1.807) is 6.07 Å². The summed E-state index contributed by atoms with van der Waals surface area (Å²) in [4.78, 5) is 12.7. The molecule has 0 bridgehead atoms. The Labute approximate surface area is 122 Å². The molecule has 0 aliphatic carbocycles. The molecule has 1 atom stereocenters. The molecule has 2 rings (SSSR count). The Morgan fingerprint density at radius 3 is 2.85 bits per heavy atom. The third kappa shape index (κ3) is 4.02. The summed E-state index contributed by atoms with van der Waals surface area (Å²) >= 11 is 1.02. The zero-order valence-corrected chi connectivity index (χ0v) is 12.9. The van der Waals surface area contributed by atoms with E-state index in [1.807, 2.05) is 6.92 Å². The van der Waals surface area contributed by atoms with Gasteiger partial charge in [-0.1, -0.05) is 0 Å². The molecular weight excluding hydrogens is 300 g/mol. The van der Waals surface area contributed by atoms with Crippen LogP contribution in [0.15, 0.2) is 16.3 Å². The molecule has 1 amide bonds. The standard InChI is InChI=1S/C12H18N2O4S2/c1-12(5-2-6-18-8-12)14-10(15)7-9-3-4-11(19-9)20(13,16)17/h3-4H,2,5-8H2,1H3,(H,14,15)(H2,13,16,17). The van der Waals surface area contributed by atoms with Crippen molar-refractivity contribution in [2.45, 2.75) is 35.9 Å². The minimum atomic E-state index is -3.69. The van der Waals surface area contributed by atoms with Gasteiger partial charge in [0.25, 0.3) is 0 Å². The Morgan fingerprint density at radius 1 is 1.55 bits per heavy atom. The second-order valence-electron chi connectivity index (χ2n) is 5.21. The predicted octanol–water partition coefficient (Wildman–Crippen LogP) is 0.623. The van der Waals surface area contributed by atoms with Crippen molar-refractivity contribution in [3.8, 4) is 0 Å². The van der Waals surface area contributed by atoms with Crippen LogP contribution in [0.3, 0.4) is 0 Å². The van der Waals surface area contributed by atoms with Crippen LogP contribution >= 0.6 is 11.3 Å². The average molecular weight is 318 g/mol. The minimum absolute atomic E-state index is 0.0764. The lowest BCUT2D eigenvalue weighted by Crippen LogP contribution is -2.51. The summed E-state index contributed by atoms with van der Waals surface area (Å²) in [5, 5.41) is 7.99. The Bertz CT molecular complexity index is 588. The normalized spacial score (nSPS) is 23.5. The van der Waals surface area contributed by atoms with Crippen LogP contribution in [0, 0.1) is 0 Å². The molecule has 112 valence electrons. The molecule has 0 saturated carbocycles. The van der Waals surface area contributed by atoms with Gasteiger partial charge in [-0.15, -0.1) is 11.3 Å². The van der Waals surface area contributed by atoms with Crippen LogP contribution in [-0.4, -0.2) is 33.1 Å². The van der Waals surface area contributed by atoms with Gasteiger partial charge in [-0.05, 0) is 31.9 Å². The van der Waals surface area contributed by atoms with E-state index in [-0.39, 0.29) is 22.1 Å². The first kappa shape index (κ1) is 15.4. The molecule has 0 aromatic carbocycles. The fourth-order valence-electron chi connectivity index (χ4n) is 2.18. The van der Waals surface area contributed by atoms with E-state index in [9.17, 15) is 13.2 Å². The maximum Gasteiger partial charge on any atom is 0.247 e. The van der Waals surface area contributed by atoms with Gasteiger partial charge in [0.1, 0.15) is 4.21 Å². The van der Waals surface area contributed by atoms with Crippen molar-refractivity contribution in [2.75, 3.05) is 13.2 Å². The van der Waals surface area contributed by atoms with Gasteiger partial charge in [-0.25, -0.2) is 13.6 Å². The van der Waals surface area contributed by atoms with Crippen molar-refractivity contribution in [1.29, 1.82) is 0 Å². The first-order chi connectivity index (χ1) is 9.28. The summed E-state index contributed by atoms with van der Waals surface area (Å²) in [7, 11) is -3.69.